The first-order chi connectivity index (χ1) is 8.97. The van der Waals surface area contributed by atoms with Crippen LogP contribution in [0.2, 0.25) is 0 Å². The summed E-state index contributed by atoms with van der Waals surface area (Å²) in [5.74, 6) is -0.425. The van der Waals surface area contributed by atoms with Crippen molar-refractivity contribution in [3.63, 3.8) is 0 Å². The van der Waals surface area contributed by atoms with Gasteiger partial charge in [0, 0.05) is 10.9 Å². The minimum atomic E-state index is -0.168. The van der Waals surface area contributed by atoms with Crippen molar-refractivity contribution in [1.82, 2.24) is 5.32 Å². The molecule has 0 bridgehead atoms. The van der Waals surface area contributed by atoms with Crippen LogP contribution in [0.5, 0.6) is 11.5 Å². The van der Waals surface area contributed by atoms with Crippen LogP contribution >= 0.6 is 11.3 Å². The van der Waals surface area contributed by atoms with Gasteiger partial charge < -0.3 is 15.5 Å². The number of carbonyl (C=O) groups excluding carboxylic acids is 1. The molecule has 0 fully saturated rings. The molecule has 0 saturated heterocycles. The Morgan fingerprint density at radius 3 is 2.53 bits per heavy atom. The van der Waals surface area contributed by atoms with E-state index < -0.39 is 0 Å². The van der Waals surface area contributed by atoms with Crippen molar-refractivity contribution in [2.75, 3.05) is 0 Å². The summed E-state index contributed by atoms with van der Waals surface area (Å²) in [7, 11) is 0. The van der Waals surface area contributed by atoms with E-state index in [1.165, 1.54) is 23.5 Å². The number of carbonyl (C=O) groups is 1. The van der Waals surface area contributed by atoms with Gasteiger partial charge in [-0.15, -0.1) is 11.3 Å². The molecule has 0 aliphatic heterocycles. The lowest BCUT2D eigenvalue weighted by molar-refractivity contribution is 0.0947. The summed E-state index contributed by atoms with van der Waals surface area (Å²) in [6, 6.07) is 8.28. The molecule has 0 aliphatic carbocycles. The first-order valence-corrected chi connectivity index (χ1v) is 6.72. The maximum atomic E-state index is 11.8. The highest BCUT2D eigenvalue weighted by atomic mass is 32.1. The molecule has 2 aromatic rings. The van der Waals surface area contributed by atoms with Gasteiger partial charge in [0.15, 0.2) is 11.5 Å². The molecule has 1 amide bonds. The Balaban J connectivity index is 2.25. The third kappa shape index (κ3) is 3.06. The van der Waals surface area contributed by atoms with Crippen molar-refractivity contribution in [2.24, 2.45) is 0 Å². The molecule has 1 aromatic heterocycles. The van der Waals surface area contributed by atoms with Crippen LogP contribution in [0.25, 0.3) is 10.4 Å². The van der Waals surface area contributed by atoms with Gasteiger partial charge in [0.2, 0.25) is 0 Å². The summed E-state index contributed by atoms with van der Waals surface area (Å²) < 4.78 is 0. The van der Waals surface area contributed by atoms with Gasteiger partial charge >= 0.3 is 0 Å². The minimum Gasteiger partial charge on any atom is -0.504 e. The normalized spacial score (nSPS) is 10.7. The summed E-state index contributed by atoms with van der Waals surface area (Å²) in [6.45, 7) is 3.81. The molecule has 100 valence electrons. The number of hydrogen-bond donors (Lipinski definition) is 3. The first kappa shape index (κ1) is 13.4. The zero-order valence-corrected chi connectivity index (χ0v) is 11.5. The number of phenols is 2. The standard InChI is InChI=1S/C14H15NO3S/c1-8(2)15-14(18)13-6-5-12(19-13)9-3-4-10(16)11(17)7-9/h3-8,16-17H,1-2H3,(H,15,18). The van der Waals surface area contributed by atoms with Gasteiger partial charge in [-0.3, -0.25) is 4.79 Å². The van der Waals surface area contributed by atoms with Gasteiger partial charge in [0.1, 0.15) is 0 Å². The quantitative estimate of drug-likeness (QED) is 0.755. The second-order valence-corrected chi connectivity index (χ2v) is 5.58. The summed E-state index contributed by atoms with van der Waals surface area (Å²) in [5, 5.41) is 21.6. The summed E-state index contributed by atoms with van der Waals surface area (Å²) in [4.78, 5) is 13.3. The predicted molar refractivity (Wildman–Crippen MR) is 75.7 cm³/mol. The zero-order chi connectivity index (χ0) is 14.0. The molecule has 0 aliphatic rings. The van der Waals surface area contributed by atoms with Gasteiger partial charge in [0.25, 0.3) is 5.91 Å². The van der Waals surface area contributed by atoms with Crippen LogP contribution in [0.3, 0.4) is 0 Å². The minimum absolute atomic E-state index is 0.0933. The maximum absolute atomic E-state index is 11.8. The van der Waals surface area contributed by atoms with E-state index in [0.717, 1.165) is 10.4 Å². The molecule has 3 N–H and O–H groups in total. The van der Waals surface area contributed by atoms with Crippen LogP contribution in [0.4, 0.5) is 0 Å². The van der Waals surface area contributed by atoms with Gasteiger partial charge in [-0.25, -0.2) is 0 Å². The highest BCUT2D eigenvalue weighted by Crippen LogP contribution is 2.34. The number of amides is 1. The third-order valence-corrected chi connectivity index (χ3v) is 3.64. The fourth-order valence-corrected chi connectivity index (χ4v) is 2.53. The second-order valence-electron chi connectivity index (χ2n) is 4.50. The van der Waals surface area contributed by atoms with Gasteiger partial charge in [-0.1, -0.05) is 0 Å². The molecule has 1 heterocycles. The largest absolute Gasteiger partial charge is 0.504 e. The summed E-state index contributed by atoms with van der Waals surface area (Å²) >= 11 is 1.35. The van der Waals surface area contributed by atoms with Crippen LogP contribution in [0, 0.1) is 0 Å². The van der Waals surface area contributed by atoms with Crippen molar-refractivity contribution >= 4 is 17.2 Å². The lowest BCUT2D eigenvalue weighted by Crippen LogP contribution is -2.29. The van der Waals surface area contributed by atoms with Crippen LogP contribution < -0.4 is 5.32 Å². The van der Waals surface area contributed by atoms with Crippen LogP contribution in [-0.2, 0) is 0 Å². The van der Waals surface area contributed by atoms with E-state index in [4.69, 9.17) is 0 Å². The van der Waals surface area contributed by atoms with E-state index in [1.54, 1.807) is 12.1 Å². The predicted octanol–water partition coefficient (Wildman–Crippen LogP) is 2.96. The SMILES string of the molecule is CC(C)NC(=O)c1ccc(-c2ccc(O)c(O)c2)s1. The molecular weight excluding hydrogens is 262 g/mol. The van der Waals surface area contributed by atoms with Crippen molar-refractivity contribution < 1.29 is 15.0 Å². The number of hydrogen-bond acceptors (Lipinski definition) is 4. The Labute approximate surface area is 115 Å². The van der Waals surface area contributed by atoms with Crippen LogP contribution in [0.1, 0.15) is 23.5 Å². The molecule has 0 unspecified atom stereocenters. The summed E-state index contributed by atoms with van der Waals surface area (Å²) in [6.07, 6.45) is 0. The Hall–Kier alpha value is -2.01. The highest BCUT2D eigenvalue weighted by molar-refractivity contribution is 7.17. The Kier molecular flexibility index (Phi) is 3.76. The van der Waals surface area contributed by atoms with E-state index in [0.29, 0.717) is 4.88 Å². The van der Waals surface area contributed by atoms with Crippen LogP contribution in [-0.4, -0.2) is 22.2 Å². The monoisotopic (exact) mass is 277 g/mol. The van der Waals surface area contributed by atoms with Gasteiger partial charge in [-0.05, 0) is 49.7 Å². The topological polar surface area (TPSA) is 69.6 Å². The molecule has 0 atom stereocenters. The second kappa shape index (κ2) is 5.32. The molecule has 19 heavy (non-hydrogen) atoms. The maximum Gasteiger partial charge on any atom is 0.261 e. The highest BCUT2D eigenvalue weighted by Gasteiger charge is 2.12. The van der Waals surface area contributed by atoms with E-state index >= 15 is 0 Å². The number of benzene rings is 1. The Morgan fingerprint density at radius 1 is 1.16 bits per heavy atom. The van der Waals surface area contributed by atoms with Gasteiger partial charge in [0.05, 0.1) is 4.88 Å². The molecule has 0 radical (unpaired) electrons. The van der Waals surface area contributed by atoms with E-state index in [2.05, 4.69) is 5.32 Å². The van der Waals surface area contributed by atoms with Crippen molar-refractivity contribution in [3.05, 3.63) is 35.2 Å². The fourth-order valence-electron chi connectivity index (χ4n) is 1.63. The Morgan fingerprint density at radius 2 is 1.89 bits per heavy atom. The molecule has 5 heteroatoms. The molecular formula is C14H15NO3S. The molecule has 4 nitrogen and oxygen atoms in total. The Bertz CT molecular complexity index is 604. The fraction of sp³-hybridized carbons (Fsp3) is 0.214. The summed E-state index contributed by atoms with van der Waals surface area (Å²) in [5.41, 5.74) is 0.767. The van der Waals surface area contributed by atoms with Crippen LogP contribution in [0.15, 0.2) is 30.3 Å². The van der Waals surface area contributed by atoms with Crippen molar-refractivity contribution in [1.29, 1.82) is 0 Å². The number of aromatic hydroxyl groups is 2. The van der Waals surface area contributed by atoms with Crippen molar-refractivity contribution in [2.45, 2.75) is 19.9 Å². The number of phenolic OH excluding ortho intramolecular Hbond substituents is 2. The van der Waals surface area contributed by atoms with Crippen molar-refractivity contribution in [3.8, 4) is 21.9 Å². The number of rotatable bonds is 3. The van der Waals surface area contributed by atoms with E-state index in [9.17, 15) is 15.0 Å². The number of nitrogens with one attached hydrogen (secondary N) is 1. The lowest BCUT2D eigenvalue weighted by atomic mass is 10.1. The molecule has 0 spiro atoms. The third-order valence-electron chi connectivity index (χ3n) is 2.51. The molecule has 0 saturated carbocycles. The first-order valence-electron chi connectivity index (χ1n) is 5.90. The smallest absolute Gasteiger partial charge is 0.261 e. The van der Waals surface area contributed by atoms with E-state index in [1.807, 2.05) is 19.9 Å². The molecule has 2 rings (SSSR count). The number of thiophene rings is 1. The van der Waals surface area contributed by atoms with E-state index in [-0.39, 0.29) is 23.4 Å². The average Bonchev–Trinajstić information content (AvgIpc) is 2.81. The lowest BCUT2D eigenvalue weighted by Gasteiger charge is -2.05. The average molecular weight is 277 g/mol. The molecule has 1 aromatic carbocycles. The zero-order valence-electron chi connectivity index (χ0n) is 10.7. The van der Waals surface area contributed by atoms with Gasteiger partial charge in [-0.2, -0.15) is 0 Å².